The lowest BCUT2D eigenvalue weighted by atomic mass is 9.88. The maximum atomic E-state index is 12.5. The predicted octanol–water partition coefficient (Wildman–Crippen LogP) is 3.28. The number of hydrogen-bond acceptors (Lipinski definition) is 3. The minimum absolute atomic E-state index is 0.218. The van der Waals surface area contributed by atoms with Crippen LogP contribution in [-0.4, -0.2) is 8.42 Å². The van der Waals surface area contributed by atoms with E-state index in [9.17, 15) is 8.42 Å². The van der Waals surface area contributed by atoms with Crippen LogP contribution >= 0.6 is 11.6 Å². The molecule has 0 heterocycles. The lowest BCUT2D eigenvalue weighted by molar-refractivity contribution is 0.507. The Hall–Kier alpha value is -1.56. The van der Waals surface area contributed by atoms with Crippen molar-refractivity contribution in [3.63, 3.8) is 0 Å². The zero-order valence-corrected chi connectivity index (χ0v) is 13.5. The van der Waals surface area contributed by atoms with Crippen LogP contribution < -0.4 is 10.5 Å². The number of nitrogens with two attached hydrogens (primary N) is 1. The first-order valence-corrected chi connectivity index (χ1v) is 8.98. The number of sulfonamides is 1. The Balaban J connectivity index is 1.89. The van der Waals surface area contributed by atoms with E-state index in [1.54, 1.807) is 12.1 Å². The number of benzene rings is 2. The van der Waals surface area contributed by atoms with Gasteiger partial charge in [0, 0.05) is 16.8 Å². The monoisotopic (exact) mass is 336 g/mol. The van der Waals surface area contributed by atoms with Gasteiger partial charge in [0.1, 0.15) is 0 Å². The van der Waals surface area contributed by atoms with Gasteiger partial charge in [-0.3, -0.25) is 0 Å². The van der Waals surface area contributed by atoms with Gasteiger partial charge in [-0.05, 0) is 66.8 Å². The Kier molecular flexibility index (Phi) is 4.12. The zero-order valence-electron chi connectivity index (χ0n) is 11.9. The van der Waals surface area contributed by atoms with Crippen molar-refractivity contribution in [1.29, 1.82) is 0 Å². The molecule has 0 aliphatic heterocycles. The molecule has 0 amide bonds. The second kappa shape index (κ2) is 5.91. The summed E-state index contributed by atoms with van der Waals surface area (Å²) in [4.78, 5) is 0.222. The van der Waals surface area contributed by atoms with Gasteiger partial charge in [-0.2, -0.15) is 0 Å². The molecule has 0 bridgehead atoms. The summed E-state index contributed by atoms with van der Waals surface area (Å²) in [6.45, 7) is 0. The SMILES string of the molecule is Nc1ccc2c(c1)CCCC2NS(=O)(=O)c1ccc(Cl)cc1. The molecule has 3 rings (SSSR count). The average Bonchev–Trinajstić information content (AvgIpc) is 2.47. The molecule has 4 nitrogen and oxygen atoms in total. The van der Waals surface area contributed by atoms with Crippen LogP contribution in [-0.2, 0) is 16.4 Å². The third-order valence-electron chi connectivity index (χ3n) is 3.90. The number of hydrogen-bond donors (Lipinski definition) is 2. The van der Waals surface area contributed by atoms with Crippen LogP contribution in [0.1, 0.15) is 30.0 Å². The zero-order chi connectivity index (χ0) is 15.7. The summed E-state index contributed by atoms with van der Waals surface area (Å²) in [5.74, 6) is 0. The highest BCUT2D eigenvalue weighted by Crippen LogP contribution is 2.32. The van der Waals surface area contributed by atoms with Gasteiger partial charge in [0.2, 0.25) is 10.0 Å². The fourth-order valence-corrected chi connectivity index (χ4v) is 4.20. The first kappa shape index (κ1) is 15.3. The van der Waals surface area contributed by atoms with Gasteiger partial charge in [0.05, 0.1) is 4.90 Å². The van der Waals surface area contributed by atoms with Crippen LogP contribution in [0, 0.1) is 0 Å². The molecule has 2 aromatic carbocycles. The smallest absolute Gasteiger partial charge is 0.241 e. The van der Waals surface area contributed by atoms with Crippen LogP contribution in [0.15, 0.2) is 47.4 Å². The Bertz CT molecular complexity index is 788. The van der Waals surface area contributed by atoms with Crippen LogP contribution in [0.2, 0.25) is 5.02 Å². The maximum absolute atomic E-state index is 12.5. The van der Waals surface area contributed by atoms with Gasteiger partial charge in [0.25, 0.3) is 0 Å². The molecule has 3 N–H and O–H groups in total. The molecule has 1 aliphatic rings. The van der Waals surface area contributed by atoms with Gasteiger partial charge in [0.15, 0.2) is 0 Å². The molecule has 2 aromatic rings. The first-order valence-electron chi connectivity index (χ1n) is 7.12. The second-order valence-electron chi connectivity index (χ2n) is 5.48. The molecule has 0 fully saturated rings. The molecular formula is C16H17ClN2O2S. The summed E-state index contributed by atoms with van der Waals surface area (Å²) >= 11 is 5.81. The molecule has 1 unspecified atom stereocenters. The Morgan fingerprint density at radius 1 is 1.14 bits per heavy atom. The lowest BCUT2D eigenvalue weighted by Crippen LogP contribution is -2.31. The third-order valence-corrected chi connectivity index (χ3v) is 5.64. The van der Waals surface area contributed by atoms with E-state index in [2.05, 4.69) is 4.72 Å². The van der Waals surface area contributed by atoms with Crippen molar-refractivity contribution in [3.8, 4) is 0 Å². The Labute approximate surface area is 135 Å². The van der Waals surface area contributed by atoms with Crippen molar-refractivity contribution < 1.29 is 8.42 Å². The van der Waals surface area contributed by atoms with Crippen LogP contribution in [0.25, 0.3) is 0 Å². The normalized spacial score (nSPS) is 18.0. The topological polar surface area (TPSA) is 72.2 Å². The molecule has 0 aromatic heterocycles. The summed E-state index contributed by atoms with van der Waals surface area (Å²) in [5.41, 5.74) is 8.65. The van der Waals surface area contributed by atoms with Crippen LogP contribution in [0.3, 0.4) is 0 Å². The highest BCUT2D eigenvalue weighted by molar-refractivity contribution is 7.89. The van der Waals surface area contributed by atoms with Gasteiger partial charge in [-0.15, -0.1) is 0 Å². The van der Waals surface area contributed by atoms with E-state index in [1.165, 1.54) is 12.1 Å². The molecule has 6 heteroatoms. The summed E-state index contributed by atoms with van der Waals surface area (Å²) in [7, 11) is -3.57. The van der Waals surface area contributed by atoms with Gasteiger partial charge >= 0.3 is 0 Å². The standard InChI is InChI=1S/C16H17ClN2O2S/c17-12-4-7-14(8-5-12)22(20,21)19-16-3-1-2-11-10-13(18)6-9-15(11)16/h4-10,16,19H,1-3,18H2. The minimum Gasteiger partial charge on any atom is -0.399 e. The molecule has 1 atom stereocenters. The van der Waals surface area contributed by atoms with Crippen molar-refractivity contribution in [1.82, 2.24) is 4.72 Å². The third kappa shape index (κ3) is 3.11. The second-order valence-corrected chi connectivity index (χ2v) is 7.63. The van der Waals surface area contributed by atoms with E-state index in [1.807, 2.05) is 18.2 Å². The lowest BCUT2D eigenvalue weighted by Gasteiger charge is -2.26. The molecule has 0 spiro atoms. The van der Waals surface area contributed by atoms with Crippen molar-refractivity contribution >= 4 is 27.3 Å². The Morgan fingerprint density at radius 2 is 1.86 bits per heavy atom. The minimum atomic E-state index is -3.57. The number of nitrogen functional groups attached to an aromatic ring is 1. The summed E-state index contributed by atoms with van der Waals surface area (Å²) in [6, 6.07) is 11.6. The molecule has 0 saturated heterocycles. The van der Waals surface area contributed by atoms with Crippen molar-refractivity contribution in [2.24, 2.45) is 0 Å². The van der Waals surface area contributed by atoms with Crippen LogP contribution in [0.5, 0.6) is 0 Å². The van der Waals surface area contributed by atoms with E-state index in [-0.39, 0.29) is 10.9 Å². The molecular weight excluding hydrogens is 320 g/mol. The fourth-order valence-electron chi connectivity index (χ4n) is 2.83. The van der Waals surface area contributed by atoms with Gasteiger partial charge in [-0.25, -0.2) is 13.1 Å². The highest BCUT2D eigenvalue weighted by atomic mass is 35.5. The molecule has 0 radical (unpaired) electrons. The van der Waals surface area contributed by atoms with Gasteiger partial charge in [-0.1, -0.05) is 17.7 Å². The highest BCUT2D eigenvalue weighted by Gasteiger charge is 2.25. The van der Waals surface area contributed by atoms with E-state index >= 15 is 0 Å². The largest absolute Gasteiger partial charge is 0.399 e. The van der Waals surface area contributed by atoms with E-state index < -0.39 is 10.0 Å². The number of halogens is 1. The van der Waals surface area contributed by atoms with Crippen molar-refractivity contribution in [3.05, 3.63) is 58.6 Å². The van der Waals surface area contributed by atoms with Crippen molar-refractivity contribution in [2.75, 3.05) is 5.73 Å². The van der Waals surface area contributed by atoms with E-state index in [0.29, 0.717) is 10.7 Å². The molecule has 116 valence electrons. The van der Waals surface area contributed by atoms with Crippen LogP contribution in [0.4, 0.5) is 5.69 Å². The summed E-state index contributed by atoms with van der Waals surface area (Å²) in [5, 5.41) is 0.512. The van der Waals surface area contributed by atoms with Gasteiger partial charge < -0.3 is 5.73 Å². The quantitative estimate of drug-likeness (QED) is 0.845. The number of fused-ring (bicyclic) bond motifs is 1. The van der Waals surface area contributed by atoms with E-state index in [0.717, 1.165) is 30.4 Å². The Morgan fingerprint density at radius 3 is 2.59 bits per heavy atom. The fraction of sp³-hybridized carbons (Fsp3) is 0.250. The number of anilines is 1. The number of rotatable bonds is 3. The molecule has 1 aliphatic carbocycles. The average molecular weight is 337 g/mol. The summed E-state index contributed by atoms with van der Waals surface area (Å²) < 4.78 is 27.8. The molecule has 22 heavy (non-hydrogen) atoms. The molecule has 0 saturated carbocycles. The first-order chi connectivity index (χ1) is 10.5. The number of nitrogens with one attached hydrogen (secondary N) is 1. The van der Waals surface area contributed by atoms with E-state index in [4.69, 9.17) is 17.3 Å². The maximum Gasteiger partial charge on any atom is 0.241 e. The number of aryl methyl sites for hydroxylation is 1. The van der Waals surface area contributed by atoms with Crippen molar-refractivity contribution in [2.45, 2.75) is 30.2 Å². The summed E-state index contributed by atoms with van der Waals surface area (Å²) in [6.07, 6.45) is 2.65. The predicted molar refractivity (Wildman–Crippen MR) is 88.3 cm³/mol.